The fraction of sp³-hybridized carbons (Fsp3) is 0.231. The molecule has 2 rings (SSSR count). The molecule has 0 amide bonds. The van der Waals surface area contributed by atoms with Crippen LogP contribution in [-0.2, 0) is 9.84 Å². The molecule has 1 aromatic carbocycles. The van der Waals surface area contributed by atoms with Crippen molar-refractivity contribution in [3.8, 4) is 0 Å². The fourth-order valence-electron chi connectivity index (χ4n) is 1.53. The Morgan fingerprint density at radius 1 is 1.29 bits per heavy atom. The predicted octanol–water partition coefficient (Wildman–Crippen LogP) is 2.60. The van der Waals surface area contributed by atoms with Gasteiger partial charge in [-0.15, -0.1) is 0 Å². The molecule has 112 valence electrons. The number of nitrogens with one attached hydrogen (secondary N) is 1. The van der Waals surface area contributed by atoms with Crippen LogP contribution in [0.1, 0.15) is 6.92 Å². The number of hydrogen-bond donors (Lipinski definition) is 1. The first kappa shape index (κ1) is 15.7. The summed E-state index contributed by atoms with van der Waals surface area (Å²) in [6.07, 6.45) is 2.25. The first-order valence-corrected chi connectivity index (χ1v) is 8.85. The number of rotatable bonds is 5. The molecule has 2 aromatic rings. The van der Waals surface area contributed by atoms with Gasteiger partial charge in [0.1, 0.15) is 5.03 Å². The number of anilines is 1. The van der Waals surface area contributed by atoms with E-state index in [1.54, 1.807) is 12.1 Å². The molecule has 0 atom stereocenters. The van der Waals surface area contributed by atoms with Crippen LogP contribution in [0.25, 0.3) is 0 Å². The van der Waals surface area contributed by atoms with Gasteiger partial charge in [0, 0.05) is 17.7 Å². The van der Waals surface area contributed by atoms with Gasteiger partial charge < -0.3 is 5.32 Å². The Morgan fingerprint density at radius 3 is 2.52 bits per heavy atom. The van der Waals surface area contributed by atoms with Gasteiger partial charge in [0.2, 0.25) is 5.95 Å². The minimum Gasteiger partial charge on any atom is -0.354 e. The normalized spacial score (nSPS) is 11.4. The third kappa shape index (κ3) is 4.15. The summed E-state index contributed by atoms with van der Waals surface area (Å²) < 4.78 is 36.4. The smallest absolute Gasteiger partial charge is 0.223 e. The van der Waals surface area contributed by atoms with E-state index >= 15 is 0 Å². The molecule has 0 saturated heterocycles. The maximum atomic E-state index is 13.7. The van der Waals surface area contributed by atoms with Crippen LogP contribution in [0.5, 0.6) is 0 Å². The van der Waals surface area contributed by atoms with E-state index in [9.17, 15) is 12.8 Å². The Morgan fingerprint density at radius 2 is 1.95 bits per heavy atom. The quantitative estimate of drug-likeness (QED) is 0.851. The summed E-state index contributed by atoms with van der Waals surface area (Å²) in [5.41, 5.74) is 0. The number of nitrogens with zero attached hydrogens (tertiary/aromatic N) is 2. The van der Waals surface area contributed by atoms with E-state index < -0.39 is 15.7 Å². The highest BCUT2D eigenvalue weighted by molar-refractivity contribution is 7.99. The van der Waals surface area contributed by atoms with Gasteiger partial charge in [-0.25, -0.2) is 22.8 Å². The van der Waals surface area contributed by atoms with Crippen LogP contribution >= 0.6 is 11.8 Å². The van der Waals surface area contributed by atoms with Crippen LogP contribution in [0.15, 0.2) is 45.3 Å². The lowest BCUT2D eigenvalue weighted by Gasteiger charge is -2.06. The topological polar surface area (TPSA) is 72.0 Å². The van der Waals surface area contributed by atoms with Gasteiger partial charge in [-0.05, 0) is 31.2 Å². The van der Waals surface area contributed by atoms with Crippen molar-refractivity contribution in [3.05, 3.63) is 36.3 Å². The van der Waals surface area contributed by atoms with E-state index in [0.717, 1.165) is 24.2 Å². The Labute approximate surface area is 126 Å². The molecule has 0 aliphatic carbocycles. The molecule has 1 aromatic heterocycles. The number of benzene rings is 1. The number of sulfone groups is 1. The van der Waals surface area contributed by atoms with Crippen molar-refractivity contribution in [2.45, 2.75) is 21.7 Å². The maximum Gasteiger partial charge on any atom is 0.223 e. The minimum atomic E-state index is -3.23. The highest BCUT2D eigenvalue weighted by atomic mass is 32.2. The molecule has 0 aliphatic heterocycles. The SMILES string of the molecule is CCNc1ncc(F)c(Sc2ccc(S(C)(=O)=O)cc2)n1. The molecule has 0 spiro atoms. The van der Waals surface area contributed by atoms with Crippen LogP contribution in [0.4, 0.5) is 10.3 Å². The summed E-state index contributed by atoms with van der Waals surface area (Å²) in [5.74, 6) is -0.164. The minimum absolute atomic E-state index is 0.188. The van der Waals surface area contributed by atoms with E-state index in [2.05, 4.69) is 15.3 Å². The van der Waals surface area contributed by atoms with Crippen molar-refractivity contribution in [3.63, 3.8) is 0 Å². The van der Waals surface area contributed by atoms with Crippen molar-refractivity contribution < 1.29 is 12.8 Å². The zero-order valence-electron chi connectivity index (χ0n) is 11.5. The second kappa shape index (κ2) is 6.40. The zero-order valence-corrected chi connectivity index (χ0v) is 13.1. The van der Waals surface area contributed by atoms with E-state index in [-0.39, 0.29) is 9.92 Å². The molecule has 0 fully saturated rings. The van der Waals surface area contributed by atoms with Gasteiger partial charge >= 0.3 is 0 Å². The van der Waals surface area contributed by atoms with Gasteiger partial charge in [-0.1, -0.05) is 11.8 Å². The number of aromatic nitrogens is 2. The average molecular weight is 327 g/mol. The second-order valence-electron chi connectivity index (χ2n) is 4.22. The third-order valence-electron chi connectivity index (χ3n) is 2.51. The lowest BCUT2D eigenvalue weighted by atomic mass is 10.4. The summed E-state index contributed by atoms with van der Waals surface area (Å²) in [6.45, 7) is 2.53. The molecular weight excluding hydrogens is 313 g/mol. The van der Waals surface area contributed by atoms with Crippen LogP contribution in [0.3, 0.4) is 0 Å². The van der Waals surface area contributed by atoms with Crippen LogP contribution in [-0.4, -0.2) is 31.2 Å². The highest BCUT2D eigenvalue weighted by Gasteiger charge is 2.10. The summed E-state index contributed by atoms with van der Waals surface area (Å²) in [5, 5.41) is 3.10. The molecule has 1 N–H and O–H groups in total. The molecular formula is C13H14FN3O2S2. The molecule has 0 radical (unpaired) electrons. The van der Waals surface area contributed by atoms with Gasteiger partial charge in [-0.2, -0.15) is 0 Å². The molecule has 0 aliphatic rings. The molecule has 5 nitrogen and oxygen atoms in total. The molecule has 1 heterocycles. The predicted molar refractivity (Wildman–Crippen MR) is 79.8 cm³/mol. The Bertz CT molecular complexity index is 734. The molecule has 0 saturated carbocycles. The summed E-state index contributed by atoms with van der Waals surface area (Å²) >= 11 is 1.11. The Balaban J connectivity index is 2.23. The van der Waals surface area contributed by atoms with Gasteiger partial charge in [0.25, 0.3) is 0 Å². The van der Waals surface area contributed by atoms with Crippen molar-refractivity contribution in [1.82, 2.24) is 9.97 Å². The number of halogens is 1. The van der Waals surface area contributed by atoms with E-state index in [1.165, 1.54) is 12.1 Å². The molecule has 8 heteroatoms. The zero-order chi connectivity index (χ0) is 15.5. The largest absolute Gasteiger partial charge is 0.354 e. The van der Waals surface area contributed by atoms with Crippen molar-refractivity contribution in [1.29, 1.82) is 0 Å². The molecule has 21 heavy (non-hydrogen) atoms. The lowest BCUT2D eigenvalue weighted by Crippen LogP contribution is -2.03. The van der Waals surface area contributed by atoms with E-state index in [1.807, 2.05) is 6.92 Å². The van der Waals surface area contributed by atoms with Crippen LogP contribution < -0.4 is 5.32 Å². The molecule has 0 bridgehead atoms. The van der Waals surface area contributed by atoms with Gasteiger partial charge in [-0.3, -0.25) is 0 Å². The van der Waals surface area contributed by atoms with Crippen LogP contribution in [0, 0.1) is 5.82 Å². The van der Waals surface area contributed by atoms with Crippen molar-refractivity contribution in [2.75, 3.05) is 18.1 Å². The maximum absolute atomic E-state index is 13.7. The summed E-state index contributed by atoms with van der Waals surface area (Å²) in [4.78, 5) is 8.82. The van der Waals surface area contributed by atoms with E-state index in [0.29, 0.717) is 17.4 Å². The van der Waals surface area contributed by atoms with Gasteiger partial charge in [0.15, 0.2) is 15.7 Å². The fourth-order valence-corrected chi connectivity index (χ4v) is 2.94. The molecule has 0 unspecified atom stereocenters. The number of hydrogen-bond acceptors (Lipinski definition) is 6. The third-order valence-corrected chi connectivity index (χ3v) is 4.63. The second-order valence-corrected chi connectivity index (χ2v) is 7.30. The summed E-state index contributed by atoms with van der Waals surface area (Å²) in [6, 6.07) is 6.22. The first-order valence-electron chi connectivity index (χ1n) is 6.14. The first-order chi connectivity index (χ1) is 9.90. The average Bonchev–Trinajstić information content (AvgIpc) is 2.42. The standard InChI is InChI=1S/C13H14FN3O2S2/c1-3-15-13-16-8-11(14)12(17-13)20-9-4-6-10(7-5-9)21(2,18)19/h4-8H,3H2,1-2H3,(H,15,16,17). The van der Waals surface area contributed by atoms with Crippen LogP contribution in [0.2, 0.25) is 0 Å². The van der Waals surface area contributed by atoms with Gasteiger partial charge in [0.05, 0.1) is 11.1 Å². The highest BCUT2D eigenvalue weighted by Crippen LogP contribution is 2.29. The van der Waals surface area contributed by atoms with Crippen molar-refractivity contribution >= 4 is 27.5 Å². The Kier molecular flexibility index (Phi) is 4.79. The van der Waals surface area contributed by atoms with E-state index in [4.69, 9.17) is 0 Å². The monoisotopic (exact) mass is 327 g/mol. The summed E-state index contributed by atoms with van der Waals surface area (Å²) in [7, 11) is -3.23. The Hall–Kier alpha value is -1.67. The van der Waals surface area contributed by atoms with Crippen molar-refractivity contribution in [2.24, 2.45) is 0 Å². The lowest BCUT2D eigenvalue weighted by molar-refractivity contribution is 0.580.